The molecule has 1 aliphatic carbocycles. The number of carbonyl (C=O) groups is 3. The maximum absolute atomic E-state index is 12.0. The van der Waals surface area contributed by atoms with Crippen molar-refractivity contribution in [2.45, 2.75) is 37.8 Å². The number of carbonyl (C=O) groups excluding carboxylic acids is 2. The van der Waals surface area contributed by atoms with Crippen molar-refractivity contribution in [3.05, 3.63) is 11.9 Å². The predicted molar refractivity (Wildman–Crippen MR) is 74.7 cm³/mol. The first-order chi connectivity index (χ1) is 10.3. The van der Waals surface area contributed by atoms with Crippen LogP contribution in [0.1, 0.15) is 37.9 Å². The van der Waals surface area contributed by atoms with Gasteiger partial charge in [0.2, 0.25) is 0 Å². The molecule has 9 nitrogen and oxygen atoms in total. The van der Waals surface area contributed by atoms with E-state index in [4.69, 9.17) is 5.11 Å². The van der Waals surface area contributed by atoms with Crippen molar-refractivity contribution in [3.8, 4) is 0 Å². The van der Waals surface area contributed by atoms with Gasteiger partial charge >= 0.3 is 17.8 Å². The summed E-state index contributed by atoms with van der Waals surface area (Å²) in [5.41, 5.74) is -0.258. The smallest absolute Gasteiger partial charge is 0.328 e. The molecule has 0 aromatic carbocycles. The fourth-order valence-corrected chi connectivity index (χ4v) is 2.25. The maximum Gasteiger partial charge on any atom is 0.328 e. The standard InChI is InChI=1S/C13H19N5O4/c1-8(12(21)22)18-7-9(15-16-18)13(5-4-6-13)14-10(19)11(20)17(2)3/h7-8H,4-6H2,1-3H3,(H,14,19)(H,21,22). The number of hydrogen-bond acceptors (Lipinski definition) is 5. The molecular formula is C13H19N5O4. The van der Waals surface area contributed by atoms with Crippen LogP contribution in [-0.2, 0) is 19.9 Å². The monoisotopic (exact) mass is 309 g/mol. The summed E-state index contributed by atoms with van der Waals surface area (Å²) < 4.78 is 1.23. The Hall–Kier alpha value is -2.45. The molecule has 9 heteroatoms. The molecule has 2 N–H and O–H groups in total. The first-order valence-electron chi connectivity index (χ1n) is 6.96. The molecule has 0 spiro atoms. The average Bonchev–Trinajstić information content (AvgIpc) is 2.90. The molecule has 1 fully saturated rings. The van der Waals surface area contributed by atoms with Gasteiger partial charge < -0.3 is 15.3 Å². The van der Waals surface area contributed by atoms with Crippen LogP contribution in [0.4, 0.5) is 0 Å². The molecule has 1 atom stereocenters. The molecule has 0 aliphatic heterocycles. The third-order valence-electron chi connectivity index (χ3n) is 3.92. The quantitative estimate of drug-likeness (QED) is 0.725. The van der Waals surface area contributed by atoms with Crippen molar-refractivity contribution in [1.82, 2.24) is 25.2 Å². The third kappa shape index (κ3) is 2.78. The molecule has 2 rings (SSSR count). The molecule has 0 bridgehead atoms. The van der Waals surface area contributed by atoms with Gasteiger partial charge in [0.25, 0.3) is 0 Å². The highest BCUT2D eigenvalue weighted by Crippen LogP contribution is 2.40. The van der Waals surface area contributed by atoms with Crippen LogP contribution in [0.2, 0.25) is 0 Å². The Kier molecular flexibility index (Phi) is 4.16. The molecule has 120 valence electrons. The number of hydrogen-bond donors (Lipinski definition) is 2. The van der Waals surface area contributed by atoms with Crippen LogP contribution < -0.4 is 5.32 Å². The Morgan fingerprint density at radius 3 is 2.50 bits per heavy atom. The molecule has 0 saturated heterocycles. The number of rotatable bonds is 4. The molecule has 0 radical (unpaired) electrons. The zero-order valence-electron chi connectivity index (χ0n) is 12.7. The minimum Gasteiger partial charge on any atom is -0.480 e. The summed E-state index contributed by atoms with van der Waals surface area (Å²) in [4.78, 5) is 35.8. The summed E-state index contributed by atoms with van der Waals surface area (Å²) in [5, 5.41) is 19.5. The number of aromatic nitrogens is 3. The molecule has 1 saturated carbocycles. The Morgan fingerprint density at radius 2 is 2.05 bits per heavy atom. The van der Waals surface area contributed by atoms with Crippen LogP contribution in [0.15, 0.2) is 6.20 Å². The molecule has 1 heterocycles. The summed E-state index contributed by atoms with van der Waals surface area (Å²) in [6.07, 6.45) is 3.68. The van der Waals surface area contributed by atoms with Crippen LogP contribution in [-0.4, -0.2) is 56.9 Å². The molecule has 1 aromatic heterocycles. The summed E-state index contributed by atoms with van der Waals surface area (Å²) >= 11 is 0. The number of likely N-dealkylation sites (N-methyl/N-ethyl adjacent to an activating group) is 1. The Labute approximate surface area is 127 Å². The van der Waals surface area contributed by atoms with E-state index in [1.165, 1.54) is 36.8 Å². The Bertz CT molecular complexity index is 605. The maximum atomic E-state index is 12.0. The Morgan fingerprint density at radius 1 is 1.41 bits per heavy atom. The van der Waals surface area contributed by atoms with E-state index in [2.05, 4.69) is 15.6 Å². The van der Waals surface area contributed by atoms with Gasteiger partial charge in [0.05, 0.1) is 11.7 Å². The van der Waals surface area contributed by atoms with Crippen molar-refractivity contribution in [2.24, 2.45) is 0 Å². The van der Waals surface area contributed by atoms with E-state index in [1.807, 2.05) is 0 Å². The van der Waals surface area contributed by atoms with Crippen LogP contribution in [0, 0.1) is 0 Å². The summed E-state index contributed by atoms with van der Waals surface area (Å²) in [5.74, 6) is -2.37. The summed E-state index contributed by atoms with van der Waals surface area (Å²) in [6, 6.07) is -0.850. The zero-order chi connectivity index (χ0) is 16.5. The number of carboxylic acid groups (broad SMARTS) is 1. The first-order valence-corrected chi connectivity index (χ1v) is 6.96. The second-order valence-corrected chi connectivity index (χ2v) is 5.69. The van der Waals surface area contributed by atoms with Crippen molar-refractivity contribution in [2.75, 3.05) is 14.1 Å². The third-order valence-corrected chi connectivity index (χ3v) is 3.92. The highest BCUT2D eigenvalue weighted by molar-refractivity contribution is 6.35. The lowest BCUT2D eigenvalue weighted by Crippen LogP contribution is -2.54. The minimum absolute atomic E-state index is 0.478. The van der Waals surface area contributed by atoms with E-state index < -0.39 is 29.4 Å². The fraction of sp³-hybridized carbons (Fsp3) is 0.615. The topological polar surface area (TPSA) is 117 Å². The highest BCUT2D eigenvalue weighted by Gasteiger charge is 2.44. The van der Waals surface area contributed by atoms with Gasteiger partial charge in [0.1, 0.15) is 11.7 Å². The number of nitrogens with one attached hydrogen (secondary N) is 1. The zero-order valence-corrected chi connectivity index (χ0v) is 12.7. The Balaban J connectivity index is 2.19. The number of amides is 2. The van der Waals surface area contributed by atoms with E-state index in [9.17, 15) is 14.4 Å². The predicted octanol–water partition coefficient (Wildman–Crippen LogP) is -0.493. The lowest BCUT2D eigenvalue weighted by Gasteiger charge is -2.40. The summed E-state index contributed by atoms with van der Waals surface area (Å²) in [7, 11) is 3.00. The van der Waals surface area contributed by atoms with Gasteiger partial charge in [-0.05, 0) is 26.2 Å². The largest absolute Gasteiger partial charge is 0.480 e. The van der Waals surface area contributed by atoms with Gasteiger partial charge in [-0.15, -0.1) is 5.10 Å². The van der Waals surface area contributed by atoms with Crippen LogP contribution in [0.25, 0.3) is 0 Å². The number of aliphatic carboxylic acids is 1. The lowest BCUT2D eigenvalue weighted by atomic mass is 9.74. The van der Waals surface area contributed by atoms with Crippen molar-refractivity contribution >= 4 is 17.8 Å². The van der Waals surface area contributed by atoms with Crippen molar-refractivity contribution in [3.63, 3.8) is 0 Å². The van der Waals surface area contributed by atoms with E-state index in [1.54, 1.807) is 0 Å². The van der Waals surface area contributed by atoms with Gasteiger partial charge in [-0.2, -0.15) is 0 Å². The fourth-order valence-electron chi connectivity index (χ4n) is 2.25. The highest BCUT2D eigenvalue weighted by atomic mass is 16.4. The van der Waals surface area contributed by atoms with Gasteiger partial charge in [-0.25, -0.2) is 9.48 Å². The second kappa shape index (κ2) is 5.74. The molecule has 22 heavy (non-hydrogen) atoms. The first kappa shape index (κ1) is 15.9. The molecule has 1 aromatic rings. The van der Waals surface area contributed by atoms with E-state index >= 15 is 0 Å². The van der Waals surface area contributed by atoms with E-state index in [0.717, 1.165) is 6.42 Å². The normalized spacial score (nSPS) is 17.2. The average molecular weight is 309 g/mol. The van der Waals surface area contributed by atoms with E-state index in [-0.39, 0.29) is 0 Å². The van der Waals surface area contributed by atoms with Gasteiger partial charge in [0, 0.05) is 14.1 Å². The molecule has 2 amide bonds. The molecule has 1 unspecified atom stereocenters. The SMILES string of the molecule is CC(C(=O)O)n1cc(C2(NC(=O)C(=O)N(C)C)CCC2)nn1. The van der Waals surface area contributed by atoms with Crippen molar-refractivity contribution < 1.29 is 19.5 Å². The summed E-state index contributed by atoms with van der Waals surface area (Å²) in [6.45, 7) is 1.49. The molecule has 1 aliphatic rings. The van der Waals surface area contributed by atoms with Crippen LogP contribution in [0.3, 0.4) is 0 Å². The van der Waals surface area contributed by atoms with E-state index in [0.29, 0.717) is 18.5 Å². The minimum atomic E-state index is -1.02. The number of nitrogens with zero attached hydrogens (tertiary/aromatic N) is 4. The molecular weight excluding hydrogens is 290 g/mol. The lowest BCUT2D eigenvalue weighted by molar-refractivity contribution is -0.146. The number of carboxylic acids is 1. The van der Waals surface area contributed by atoms with Crippen LogP contribution in [0.5, 0.6) is 0 Å². The van der Waals surface area contributed by atoms with Gasteiger partial charge in [-0.1, -0.05) is 5.21 Å². The van der Waals surface area contributed by atoms with Gasteiger partial charge in [-0.3, -0.25) is 9.59 Å². The second-order valence-electron chi connectivity index (χ2n) is 5.69. The van der Waals surface area contributed by atoms with Crippen LogP contribution >= 0.6 is 0 Å². The van der Waals surface area contributed by atoms with Crippen molar-refractivity contribution in [1.29, 1.82) is 0 Å². The van der Waals surface area contributed by atoms with Gasteiger partial charge in [0.15, 0.2) is 0 Å².